The number of aryl methyl sites for hydroxylation is 1. The number of carbonyl (C=O) groups excluding carboxylic acids is 2. The Balaban J connectivity index is 0.000000614. The lowest BCUT2D eigenvalue weighted by Gasteiger charge is -2.25. The van der Waals surface area contributed by atoms with Crippen LogP contribution in [0.25, 0.3) is 0 Å². The maximum atomic E-state index is 11.7. The molecule has 142 valence electrons. The van der Waals surface area contributed by atoms with Gasteiger partial charge in [0.15, 0.2) is 0 Å². The highest BCUT2D eigenvalue weighted by Crippen LogP contribution is 2.11. The summed E-state index contributed by atoms with van der Waals surface area (Å²) >= 11 is 0. The molecule has 1 aliphatic rings. The SMILES string of the molecule is CC.CCOC(N)=O.Cc1ccc(COC(=O)N2CCCCC2)cc1. The second kappa shape index (κ2) is 14.1. The molecule has 0 aromatic heterocycles. The molecule has 1 heterocycles. The average molecular weight is 352 g/mol. The Morgan fingerprint density at radius 3 is 2.04 bits per heavy atom. The van der Waals surface area contributed by atoms with E-state index in [2.05, 4.69) is 10.5 Å². The van der Waals surface area contributed by atoms with Gasteiger partial charge in [-0.1, -0.05) is 43.7 Å². The van der Waals surface area contributed by atoms with Crippen molar-refractivity contribution in [2.24, 2.45) is 5.73 Å². The lowest BCUT2D eigenvalue weighted by Crippen LogP contribution is -2.35. The molecule has 1 fully saturated rings. The van der Waals surface area contributed by atoms with Crippen LogP contribution < -0.4 is 5.73 Å². The average Bonchev–Trinajstić information content (AvgIpc) is 2.64. The van der Waals surface area contributed by atoms with Gasteiger partial charge in [-0.3, -0.25) is 0 Å². The first-order valence-electron chi connectivity index (χ1n) is 8.92. The van der Waals surface area contributed by atoms with E-state index in [9.17, 15) is 9.59 Å². The molecule has 2 N–H and O–H groups in total. The number of primary amides is 1. The van der Waals surface area contributed by atoms with Crippen LogP contribution in [0.1, 0.15) is 51.2 Å². The van der Waals surface area contributed by atoms with Crippen molar-refractivity contribution in [3.05, 3.63) is 35.4 Å². The monoisotopic (exact) mass is 352 g/mol. The number of amides is 2. The first-order chi connectivity index (χ1) is 12.0. The van der Waals surface area contributed by atoms with Gasteiger partial charge in [0.25, 0.3) is 0 Å². The molecule has 0 aliphatic carbocycles. The number of piperidine rings is 1. The van der Waals surface area contributed by atoms with E-state index in [1.54, 1.807) is 11.8 Å². The second-order valence-corrected chi connectivity index (χ2v) is 5.34. The number of rotatable bonds is 3. The van der Waals surface area contributed by atoms with Gasteiger partial charge in [0.05, 0.1) is 6.61 Å². The summed E-state index contributed by atoms with van der Waals surface area (Å²) in [6.45, 7) is 10.2. The van der Waals surface area contributed by atoms with Crippen LogP contribution in [-0.4, -0.2) is 36.8 Å². The van der Waals surface area contributed by atoms with Crippen LogP contribution in [0.4, 0.5) is 9.59 Å². The molecule has 0 saturated carbocycles. The molecule has 0 spiro atoms. The fourth-order valence-electron chi connectivity index (χ4n) is 2.14. The van der Waals surface area contributed by atoms with E-state index in [4.69, 9.17) is 4.74 Å². The zero-order chi connectivity index (χ0) is 19.1. The molecule has 0 bridgehead atoms. The van der Waals surface area contributed by atoms with Gasteiger partial charge < -0.3 is 20.1 Å². The zero-order valence-corrected chi connectivity index (χ0v) is 15.9. The van der Waals surface area contributed by atoms with Crippen LogP contribution in [0.3, 0.4) is 0 Å². The van der Waals surface area contributed by atoms with Crippen molar-refractivity contribution in [2.75, 3.05) is 19.7 Å². The molecule has 2 rings (SSSR count). The summed E-state index contributed by atoms with van der Waals surface area (Å²) in [7, 11) is 0. The van der Waals surface area contributed by atoms with Crippen LogP contribution in [0, 0.1) is 6.92 Å². The molecular weight excluding hydrogens is 320 g/mol. The lowest BCUT2D eigenvalue weighted by molar-refractivity contribution is 0.0894. The number of nitrogens with zero attached hydrogens (tertiary/aromatic N) is 1. The highest BCUT2D eigenvalue weighted by molar-refractivity contribution is 5.67. The van der Waals surface area contributed by atoms with Gasteiger partial charge in [0.1, 0.15) is 6.61 Å². The van der Waals surface area contributed by atoms with Gasteiger partial charge in [-0.25, -0.2) is 9.59 Å². The van der Waals surface area contributed by atoms with Gasteiger partial charge in [0.2, 0.25) is 0 Å². The van der Waals surface area contributed by atoms with Gasteiger partial charge >= 0.3 is 12.2 Å². The standard InChI is InChI=1S/C14H19NO2.C3H7NO2.C2H6/c1-12-5-7-13(8-6-12)11-17-14(16)15-9-3-2-4-10-15;1-2-6-3(4)5;1-2/h5-8H,2-4,9-11H2,1H3;2H2,1H3,(H2,4,5);1-2H3. The number of hydrogen-bond acceptors (Lipinski definition) is 4. The predicted octanol–water partition coefficient (Wildman–Crippen LogP) is 4.25. The van der Waals surface area contributed by atoms with Gasteiger partial charge in [-0.05, 0) is 38.7 Å². The number of ether oxygens (including phenoxy) is 2. The fourth-order valence-corrected chi connectivity index (χ4v) is 2.14. The van der Waals surface area contributed by atoms with E-state index in [0.29, 0.717) is 13.2 Å². The maximum absolute atomic E-state index is 11.7. The Kier molecular flexibility index (Phi) is 12.9. The molecule has 0 atom stereocenters. The number of likely N-dealkylation sites (tertiary alicyclic amines) is 1. The molecule has 0 radical (unpaired) electrons. The third-order valence-corrected chi connectivity index (χ3v) is 3.38. The Morgan fingerprint density at radius 1 is 1.04 bits per heavy atom. The minimum absolute atomic E-state index is 0.176. The van der Waals surface area contributed by atoms with Crippen molar-refractivity contribution in [1.29, 1.82) is 0 Å². The number of nitrogens with two attached hydrogens (primary N) is 1. The summed E-state index contributed by atoms with van der Waals surface area (Å²) in [5, 5.41) is 0. The van der Waals surface area contributed by atoms with Gasteiger partial charge in [-0.2, -0.15) is 0 Å². The Morgan fingerprint density at radius 2 is 1.60 bits per heavy atom. The quantitative estimate of drug-likeness (QED) is 0.882. The van der Waals surface area contributed by atoms with Crippen LogP contribution in [0.15, 0.2) is 24.3 Å². The topological polar surface area (TPSA) is 81.9 Å². The summed E-state index contributed by atoms with van der Waals surface area (Å²) in [5.74, 6) is 0. The molecule has 2 amide bonds. The molecule has 1 aromatic carbocycles. The Bertz CT molecular complexity index is 483. The van der Waals surface area contributed by atoms with Crippen molar-refractivity contribution in [1.82, 2.24) is 4.90 Å². The van der Waals surface area contributed by atoms with E-state index in [1.165, 1.54) is 12.0 Å². The van der Waals surface area contributed by atoms with Crippen molar-refractivity contribution >= 4 is 12.2 Å². The zero-order valence-electron chi connectivity index (χ0n) is 15.9. The van der Waals surface area contributed by atoms with E-state index in [0.717, 1.165) is 31.5 Å². The lowest BCUT2D eigenvalue weighted by atomic mass is 10.1. The van der Waals surface area contributed by atoms with E-state index < -0.39 is 6.09 Å². The highest BCUT2D eigenvalue weighted by Gasteiger charge is 2.17. The molecule has 6 nitrogen and oxygen atoms in total. The van der Waals surface area contributed by atoms with Crippen molar-refractivity contribution < 1.29 is 19.1 Å². The third-order valence-electron chi connectivity index (χ3n) is 3.38. The molecule has 25 heavy (non-hydrogen) atoms. The molecular formula is C19H32N2O4. The van der Waals surface area contributed by atoms with Crippen LogP contribution in [0.2, 0.25) is 0 Å². The Labute approximate surface area is 151 Å². The summed E-state index contributed by atoms with van der Waals surface area (Å²) in [5.41, 5.74) is 6.80. The number of benzene rings is 1. The smallest absolute Gasteiger partial charge is 0.410 e. The molecule has 0 unspecified atom stereocenters. The molecule has 1 aromatic rings. The summed E-state index contributed by atoms with van der Waals surface area (Å²) in [4.78, 5) is 23.1. The normalized spacial score (nSPS) is 12.7. The summed E-state index contributed by atoms with van der Waals surface area (Å²) in [6.07, 6.45) is 2.53. The largest absolute Gasteiger partial charge is 0.450 e. The first kappa shape index (κ1) is 22.8. The first-order valence-corrected chi connectivity index (χ1v) is 8.92. The molecule has 1 saturated heterocycles. The number of hydrogen-bond donors (Lipinski definition) is 1. The minimum Gasteiger partial charge on any atom is -0.450 e. The van der Waals surface area contributed by atoms with E-state index in [-0.39, 0.29) is 6.09 Å². The summed E-state index contributed by atoms with van der Waals surface area (Å²) < 4.78 is 9.47. The van der Waals surface area contributed by atoms with Crippen LogP contribution in [-0.2, 0) is 16.1 Å². The molecule has 1 aliphatic heterocycles. The van der Waals surface area contributed by atoms with Crippen LogP contribution in [0.5, 0.6) is 0 Å². The van der Waals surface area contributed by atoms with E-state index >= 15 is 0 Å². The fraction of sp³-hybridized carbons (Fsp3) is 0.579. The molecule has 6 heteroatoms. The van der Waals surface area contributed by atoms with Gasteiger partial charge in [-0.15, -0.1) is 0 Å². The van der Waals surface area contributed by atoms with Gasteiger partial charge in [0, 0.05) is 13.1 Å². The van der Waals surface area contributed by atoms with Crippen molar-refractivity contribution in [2.45, 2.75) is 53.6 Å². The Hall–Kier alpha value is -2.24. The second-order valence-electron chi connectivity index (χ2n) is 5.34. The van der Waals surface area contributed by atoms with Crippen LogP contribution >= 0.6 is 0 Å². The maximum Gasteiger partial charge on any atom is 0.410 e. The predicted molar refractivity (Wildman–Crippen MR) is 99.3 cm³/mol. The van der Waals surface area contributed by atoms with E-state index in [1.807, 2.05) is 45.0 Å². The minimum atomic E-state index is -0.711. The van der Waals surface area contributed by atoms with Crippen molar-refractivity contribution in [3.8, 4) is 0 Å². The summed E-state index contributed by atoms with van der Waals surface area (Å²) in [6, 6.07) is 8.06. The van der Waals surface area contributed by atoms with Crippen molar-refractivity contribution in [3.63, 3.8) is 0 Å². The third kappa shape index (κ3) is 11.0. The highest BCUT2D eigenvalue weighted by atomic mass is 16.6. The number of carbonyl (C=O) groups is 2.